The van der Waals surface area contributed by atoms with Crippen molar-refractivity contribution >= 4 is 30.7 Å². The van der Waals surface area contributed by atoms with Gasteiger partial charge in [-0.1, -0.05) is 0 Å². The van der Waals surface area contributed by atoms with Gasteiger partial charge in [-0.3, -0.25) is 9.69 Å². The largest absolute Gasteiger partial charge is 0.496 e. The highest BCUT2D eigenvalue weighted by Gasteiger charge is 2.23. The first-order valence-corrected chi connectivity index (χ1v) is 8.12. The van der Waals surface area contributed by atoms with E-state index in [0.717, 1.165) is 18.7 Å². The molecule has 1 aliphatic rings. The summed E-state index contributed by atoms with van der Waals surface area (Å²) < 4.78 is 23.9. The van der Waals surface area contributed by atoms with Gasteiger partial charge in [-0.25, -0.2) is 4.39 Å². The molecular weight excluding hydrogens is 384 g/mol. The Balaban J connectivity index is 0.00000312. The van der Waals surface area contributed by atoms with Gasteiger partial charge in [0.15, 0.2) is 0 Å². The molecule has 26 heavy (non-hydrogen) atoms. The molecule has 1 amide bonds. The topological polar surface area (TPSA) is 68.0 Å². The third-order valence-corrected chi connectivity index (χ3v) is 4.36. The highest BCUT2D eigenvalue weighted by atomic mass is 35.5. The Bertz CT molecular complexity index is 554. The number of carbonyl (C=O) groups excluding carboxylic acids is 1. The number of ether oxygens (including phenoxy) is 2. The minimum atomic E-state index is -0.271. The van der Waals surface area contributed by atoms with Gasteiger partial charge in [-0.05, 0) is 18.2 Å². The normalized spacial score (nSPS) is 15.6. The summed E-state index contributed by atoms with van der Waals surface area (Å²) in [5.41, 5.74) is 6.38. The molecule has 1 heterocycles. The predicted octanol–water partition coefficient (Wildman–Crippen LogP) is 1.69. The molecule has 1 unspecified atom stereocenters. The van der Waals surface area contributed by atoms with Crippen molar-refractivity contribution < 1.29 is 18.7 Å². The molecule has 0 saturated carbocycles. The van der Waals surface area contributed by atoms with Crippen LogP contribution in [0.15, 0.2) is 18.2 Å². The second kappa shape index (κ2) is 12.3. The molecule has 0 aliphatic carbocycles. The maximum atomic E-state index is 13.4. The van der Waals surface area contributed by atoms with E-state index in [2.05, 4.69) is 4.90 Å². The Morgan fingerprint density at radius 2 is 1.88 bits per heavy atom. The average Bonchev–Trinajstić information content (AvgIpc) is 2.60. The van der Waals surface area contributed by atoms with Crippen molar-refractivity contribution in [2.75, 3.05) is 46.9 Å². The van der Waals surface area contributed by atoms with Crippen LogP contribution in [0.4, 0.5) is 4.39 Å². The minimum Gasteiger partial charge on any atom is -0.496 e. The fourth-order valence-corrected chi connectivity index (χ4v) is 2.85. The minimum absolute atomic E-state index is 0. The van der Waals surface area contributed by atoms with Crippen LogP contribution in [0.2, 0.25) is 0 Å². The Hall–Kier alpha value is -1.12. The van der Waals surface area contributed by atoms with Crippen LogP contribution in [0, 0.1) is 5.82 Å². The van der Waals surface area contributed by atoms with E-state index in [-0.39, 0.29) is 42.6 Å². The van der Waals surface area contributed by atoms with E-state index in [1.165, 1.54) is 12.1 Å². The molecule has 1 fully saturated rings. The highest BCUT2D eigenvalue weighted by molar-refractivity contribution is 5.85. The monoisotopic (exact) mass is 411 g/mol. The standard InChI is InChI=1S/C17H26FN3O3.2ClH/c1-23-15(11-19)10-17(22)21-7-5-20(6-8-21)12-13-9-14(18)3-4-16(13)24-2;;/h3-4,9,15H,5-8,10-12,19H2,1-2H3;2*1H. The van der Waals surface area contributed by atoms with Crippen molar-refractivity contribution in [2.45, 2.75) is 19.1 Å². The summed E-state index contributed by atoms with van der Waals surface area (Å²) in [7, 11) is 3.14. The summed E-state index contributed by atoms with van der Waals surface area (Å²) in [5, 5.41) is 0. The third-order valence-electron chi connectivity index (χ3n) is 4.36. The van der Waals surface area contributed by atoms with E-state index in [1.54, 1.807) is 20.3 Å². The number of hydrogen-bond donors (Lipinski definition) is 1. The lowest BCUT2D eigenvalue weighted by molar-refractivity contribution is -0.135. The predicted molar refractivity (Wildman–Crippen MR) is 104 cm³/mol. The van der Waals surface area contributed by atoms with E-state index in [1.807, 2.05) is 4.90 Å². The number of carbonyl (C=O) groups is 1. The lowest BCUT2D eigenvalue weighted by Crippen LogP contribution is -2.49. The van der Waals surface area contributed by atoms with E-state index < -0.39 is 0 Å². The zero-order valence-electron chi connectivity index (χ0n) is 15.2. The number of rotatable bonds is 7. The van der Waals surface area contributed by atoms with Crippen molar-refractivity contribution in [1.29, 1.82) is 0 Å². The van der Waals surface area contributed by atoms with Crippen LogP contribution in [0.25, 0.3) is 0 Å². The van der Waals surface area contributed by atoms with Gasteiger partial charge in [0.1, 0.15) is 11.6 Å². The molecule has 150 valence electrons. The van der Waals surface area contributed by atoms with E-state index >= 15 is 0 Å². The first-order chi connectivity index (χ1) is 11.6. The summed E-state index contributed by atoms with van der Waals surface area (Å²) in [5.74, 6) is 0.475. The van der Waals surface area contributed by atoms with Crippen LogP contribution in [0.3, 0.4) is 0 Å². The zero-order chi connectivity index (χ0) is 17.5. The Kier molecular flexibility index (Phi) is 11.8. The van der Waals surface area contributed by atoms with Gasteiger partial charge in [0.25, 0.3) is 0 Å². The number of benzene rings is 1. The van der Waals surface area contributed by atoms with E-state index in [0.29, 0.717) is 38.3 Å². The van der Waals surface area contributed by atoms with Gasteiger partial charge in [0, 0.05) is 51.9 Å². The molecule has 9 heteroatoms. The van der Waals surface area contributed by atoms with E-state index in [4.69, 9.17) is 15.2 Å². The fourth-order valence-electron chi connectivity index (χ4n) is 2.85. The molecule has 6 nitrogen and oxygen atoms in total. The van der Waals surface area contributed by atoms with Crippen LogP contribution in [0.5, 0.6) is 5.75 Å². The smallest absolute Gasteiger partial charge is 0.225 e. The SMILES string of the molecule is COc1ccc(F)cc1CN1CCN(C(=O)CC(CN)OC)CC1.Cl.Cl. The number of halogens is 3. The Labute approximate surface area is 166 Å². The molecule has 1 aromatic rings. The number of piperazine rings is 1. The van der Waals surface area contributed by atoms with Crippen molar-refractivity contribution in [1.82, 2.24) is 9.80 Å². The van der Waals surface area contributed by atoms with Gasteiger partial charge < -0.3 is 20.1 Å². The fraction of sp³-hybridized carbons (Fsp3) is 0.588. The summed E-state index contributed by atoms with van der Waals surface area (Å²) in [6.07, 6.45) is 0.0807. The molecule has 1 aromatic carbocycles. The van der Waals surface area contributed by atoms with Crippen LogP contribution >= 0.6 is 24.8 Å². The lowest BCUT2D eigenvalue weighted by Gasteiger charge is -2.35. The summed E-state index contributed by atoms with van der Waals surface area (Å²) in [6, 6.07) is 4.53. The molecule has 0 bridgehead atoms. The van der Waals surface area contributed by atoms with Crippen molar-refractivity contribution in [3.63, 3.8) is 0 Å². The quantitative estimate of drug-likeness (QED) is 0.738. The molecule has 0 radical (unpaired) electrons. The van der Waals surface area contributed by atoms with E-state index in [9.17, 15) is 9.18 Å². The van der Waals surface area contributed by atoms with Crippen LogP contribution in [0.1, 0.15) is 12.0 Å². The molecule has 1 aliphatic heterocycles. The van der Waals surface area contributed by atoms with Gasteiger partial charge in [0.2, 0.25) is 5.91 Å². The molecule has 0 aromatic heterocycles. The van der Waals surface area contributed by atoms with Gasteiger partial charge in [0.05, 0.1) is 19.6 Å². The number of hydrogen-bond acceptors (Lipinski definition) is 5. The van der Waals surface area contributed by atoms with Gasteiger partial charge >= 0.3 is 0 Å². The zero-order valence-corrected chi connectivity index (χ0v) is 16.8. The molecule has 2 N–H and O–H groups in total. The Morgan fingerprint density at radius 3 is 2.42 bits per heavy atom. The second-order valence-corrected chi connectivity index (χ2v) is 5.91. The molecule has 1 atom stereocenters. The number of methoxy groups -OCH3 is 2. The molecular formula is C17H28Cl2FN3O3. The first-order valence-electron chi connectivity index (χ1n) is 8.12. The van der Waals surface area contributed by atoms with Crippen molar-refractivity contribution in [2.24, 2.45) is 5.73 Å². The average molecular weight is 412 g/mol. The second-order valence-electron chi connectivity index (χ2n) is 5.91. The molecule has 1 saturated heterocycles. The first kappa shape index (κ1) is 24.9. The highest BCUT2D eigenvalue weighted by Crippen LogP contribution is 2.21. The van der Waals surface area contributed by atoms with Crippen molar-refractivity contribution in [3.05, 3.63) is 29.6 Å². The lowest BCUT2D eigenvalue weighted by atomic mass is 10.1. The number of nitrogens with zero attached hydrogens (tertiary/aromatic N) is 2. The maximum Gasteiger partial charge on any atom is 0.225 e. The molecule has 0 spiro atoms. The number of amides is 1. The summed E-state index contributed by atoms with van der Waals surface area (Å²) >= 11 is 0. The van der Waals surface area contributed by atoms with Crippen LogP contribution in [-0.4, -0.2) is 68.8 Å². The van der Waals surface area contributed by atoms with Crippen LogP contribution < -0.4 is 10.5 Å². The summed E-state index contributed by atoms with van der Waals surface area (Å²) in [4.78, 5) is 16.3. The van der Waals surface area contributed by atoms with Crippen LogP contribution in [-0.2, 0) is 16.1 Å². The summed E-state index contributed by atoms with van der Waals surface area (Å²) in [6.45, 7) is 3.72. The van der Waals surface area contributed by atoms with Gasteiger partial charge in [-0.15, -0.1) is 24.8 Å². The third kappa shape index (κ3) is 6.89. The Morgan fingerprint density at radius 1 is 1.23 bits per heavy atom. The van der Waals surface area contributed by atoms with Gasteiger partial charge in [-0.2, -0.15) is 0 Å². The number of nitrogens with two attached hydrogens (primary N) is 1. The maximum absolute atomic E-state index is 13.4. The van der Waals surface area contributed by atoms with Crippen molar-refractivity contribution in [3.8, 4) is 5.75 Å². The molecule has 2 rings (SSSR count).